The number of ether oxygens (including phenoxy) is 1. The van der Waals surface area contributed by atoms with Crippen LogP contribution in [0.4, 0.5) is 0 Å². The number of rotatable bonds is 5. The topological polar surface area (TPSA) is 38.3 Å². The molecule has 1 aromatic rings. The Labute approximate surface area is 122 Å². The molecule has 1 saturated carbocycles. The second-order valence-electron chi connectivity index (χ2n) is 5.03. The molecule has 1 aliphatic carbocycles. The van der Waals surface area contributed by atoms with Crippen molar-refractivity contribution < 1.29 is 9.53 Å². The molecule has 0 spiro atoms. The fraction of sp³-hybridized carbons (Fsp3) is 0.533. The van der Waals surface area contributed by atoms with Crippen LogP contribution in [0, 0.1) is 5.92 Å². The molecule has 4 heteroatoms. The van der Waals surface area contributed by atoms with Gasteiger partial charge in [-0.15, -0.1) is 0 Å². The number of carbonyl (C=O) groups is 1. The fourth-order valence-electron chi connectivity index (χ4n) is 2.41. The van der Waals surface area contributed by atoms with E-state index in [-0.39, 0.29) is 12.5 Å². The van der Waals surface area contributed by atoms with Crippen molar-refractivity contribution >= 4 is 21.8 Å². The third-order valence-electron chi connectivity index (χ3n) is 3.51. The van der Waals surface area contributed by atoms with Gasteiger partial charge in [-0.3, -0.25) is 4.79 Å². The lowest BCUT2D eigenvalue weighted by Gasteiger charge is -2.21. The van der Waals surface area contributed by atoms with E-state index in [0.29, 0.717) is 11.7 Å². The Balaban J connectivity index is 1.68. The van der Waals surface area contributed by atoms with Gasteiger partial charge in [0, 0.05) is 6.54 Å². The van der Waals surface area contributed by atoms with Crippen molar-refractivity contribution in [2.24, 2.45) is 5.92 Å². The molecule has 1 aliphatic rings. The number of carbonyl (C=O) groups excluding carboxylic acids is 1. The quantitative estimate of drug-likeness (QED) is 0.899. The van der Waals surface area contributed by atoms with Crippen molar-refractivity contribution in [1.29, 1.82) is 0 Å². The molecule has 0 aliphatic heterocycles. The van der Waals surface area contributed by atoms with E-state index in [9.17, 15) is 4.79 Å². The van der Waals surface area contributed by atoms with E-state index in [2.05, 4.69) is 21.2 Å². The summed E-state index contributed by atoms with van der Waals surface area (Å²) in [6.45, 7) is 0.869. The molecule has 0 bridgehead atoms. The average molecular weight is 326 g/mol. The van der Waals surface area contributed by atoms with Crippen molar-refractivity contribution in [2.45, 2.75) is 32.1 Å². The summed E-state index contributed by atoms with van der Waals surface area (Å²) in [7, 11) is 0. The number of hydrogen-bond acceptors (Lipinski definition) is 2. The van der Waals surface area contributed by atoms with Gasteiger partial charge in [-0.1, -0.05) is 31.4 Å². The Kier molecular flexibility index (Phi) is 5.70. The number of para-hydroxylation sites is 1. The van der Waals surface area contributed by atoms with Crippen LogP contribution in [0.5, 0.6) is 5.75 Å². The Morgan fingerprint density at radius 1 is 1.26 bits per heavy atom. The SMILES string of the molecule is O=C(COc1ccccc1Br)NCC1CCCCC1. The van der Waals surface area contributed by atoms with Crippen LogP contribution >= 0.6 is 15.9 Å². The molecule has 1 amide bonds. The molecule has 3 nitrogen and oxygen atoms in total. The number of nitrogens with one attached hydrogen (secondary N) is 1. The molecule has 1 fully saturated rings. The zero-order valence-corrected chi connectivity index (χ0v) is 12.6. The number of hydrogen-bond donors (Lipinski definition) is 1. The van der Waals surface area contributed by atoms with E-state index < -0.39 is 0 Å². The monoisotopic (exact) mass is 325 g/mol. The van der Waals surface area contributed by atoms with Gasteiger partial charge in [0.15, 0.2) is 6.61 Å². The van der Waals surface area contributed by atoms with Gasteiger partial charge < -0.3 is 10.1 Å². The first-order valence-electron chi connectivity index (χ1n) is 6.90. The van der Waals surface area contributed by atoms with E-state index in [1.165, 1.54) is 32.1 Å². The second-order valence-corrected chi connectivity index (χ2v) is 5.88. The molecule has 0 radical (unpaired) electrons. The van der Waals surface area contributed by atoms with Crippen LogP contribution in [0.1, 0.15) is 32.1 Å². The molecule has 1 N–H and O–H groups in total. The van der Waals surface area contributed by atoms with Crippen molar-refractivity contribution in [1.82, 2.24) is 5.32 Å². The third-order valence-corrected chi connectivity index (χ3v) is 4.16. The predicted molar refractivity (Wildman–Crippen MR) is 79.2 cm³/mol. The van der Waals surface area contributed by atoms with Crippen LogP contribution in [-0.4, -0.2) is 19.1 Å². The second kappa shape index (κ2) is 7.53. The van der Waals surface area contributed by atoms with Gasteiger partial charge in [-0.05, 0) is 46.8 Å². The normalized spacial score (nSPS) is 16.1. The maximum atomic E-state index is 11.7. The summed E-state index contributed by atoms with van der Waals surface area (Å²) in [5, 5.41) is 2.96. The van der Waals surface area contributed by atoms with Crippen molar-refractivity contribution in [2.75, 3.05) is 13.2 Å². The molecule has 2 rings (SSSR count). The lowest BCUT2D eigenvalue weighted by Crippen LogP contribution is -2.33. The lowest BCUT2D eigenvalue weighted by atomic mass is 9.89. The molecule has 19 heavy (non-hydrogen) atoms. The van der Waals surface area contributed by atoms with Crippen LogP contribution in [0.15, 0.2) is 28.7 Å². The van der Waals surface area contributed by atoms with E-state index >= 15 is 0 Å². The zero-order chi connectivity index (χ0) is 13.5. The van der Waals surface area contributed by atoms with Crippen molar-refractivity contribution in [3.63, 3.8) is 0 Å². The predicted octanol–water partition coefficient (Wildman–Crippen LogP) is 3.52. The lowest BCUT2D eigenvalue weighted by molar-refractivity contribution is -0.123. The summed E-state index contributed by atoms with van der Waals surface area (Å²) >= 11 is 3.39. The molecule has 104 valence electrons. The first kappa shape index (κ1) is 14.4. The van der Waals surface area contributed by atoms with Crippen LogP contribution in [0.25, 0.3) is 0 Å². The minimum absolute atomic E-state index is 0.0404. The third kappa shape index (κ3) is 4.86. The first-order chi connectivity index (χ1) is 9.25. The summed E-state index contributed by atoms with van der Waals surface area (Å²) in [4.78, 5) is 11.7. The Bertz CT molecular complexity index is 416. The van der Waals surface area contributed by atoms with Crippen LogP contribution in [-0.2, 0) is 4.79 Å². The summed E-state index contributed by atoms with van der Waals surface area (Å²) in [6.07, 6.45) is 6.42. The first-order valence-corrected chi connectivity index (χ1v) is 7.69. The van der Waals surface area contributed by atoms with Gasteiger partial charge >= 0.3 is 0 Å². The van der Waals surface area contributed by atoms with Gasteiger partial charge in [-0.2, -0.15) is 0 Å². The zero-order valence-electron chi connectivity index (χ0n) is 11.0. The van der Waals surface area contributed by atoms with Gasteiger partial charge in [0.2, 0.25) is 0 Å². The highest BCUT2D eigenvalue weighted by molar-refractivity contribution is 9.10. The molecule has 0 atom stereocenters. The number of benzene rings is 1. The van der Waals surface area contributed by atoms with Crippen LogP contribution in [0.2, 0.25) is 0 Å². The Hall–Kier alpha value is -1.03. The van der Waals surface area contributed by atoms with Crippen LogP contribution < -0.4 is 10.1 Å². The van der Waals surface area contributed by atoms with Crippen molar-refractivity contribution in [3.8, 4) is 5.75 Å². The van der Waals surface area contributed by atoms with Gasteiger partial charge in [0.25, 0.3) is 5.91 Å². The smallest absolute Gasteiger partial charge is 0.257 e. The Morgan fingerprint density at radius 2 is 2.00 bits per heavy atom. The maximum absolute atomic E-state index is 11.7. The van der Waals surface area contributed by atoms with E-state index in [0.717, 1.165) is 11.0 Å². The van der Waals surface area contributed by atoms with Crippen LogP contribution in [0.3, 0.4) is 0 Å². The highest BCUT2D eigenvalue weighted by atomic mass is 79.9. The Morgan fingerprint density at radius 3 is 2.74 bits per heavy atom. The van der Waals surface area contributed by atoms with Gasteiger partial charge in [0.05, 0.1) is 4.47 Å². The molecule has 1 aromatic carbocycles. The number of amides is 1. The van der Waals surface area contributed by atoms with E-state index in [1.54, 1.807) is 0 Å². The minimum atomic E-state index is -0.0404. The largest absolute Gasteiger partial charge is 0.483 e. The molecular weight excluding hydrogens is 306 g/mol. The van der Waals surface area contributed by atoms with E-state index in [1.807, 2.05) is 24.3 Å². The van der Waals surface area contributed by atoms with E-state index in [4.69, 9.17) is 4.74 Å². The molecular formula is C15H20BrNO2. The highest BCUT2D eigenvalue weighted by Crippen LogP contribution is 2.24. The average Bonchev–Trinajstić information content (AvgIpc) is 2.45. The minimum Gasteiger partial charge on any atom is -0.483 e. The fourth-order valence-corrected chi connectivity index (χ4v) is 2.80. The molecule has 0 unspecified atom stereocenters. The molecule has 0 saturated heterocycles. The summed E-state index contributed by atoms with van der Waals surface area (Å²) in [6, 6.07) is 7.55. The number of halogens is 1. The summed E-state index contributed by atoms with van der Waals surface area (Å²) in [5.41, 5.74) is 0. The molecule has 0 heterocycles. The molecule has 0 aromatic heterocycles. The maximum Gasteiger partial charge on any atom is 0.257 e. The van der Waals surface area contributed by atoms with Crippen molar-refractivity contribution in [3.05, 3.63) is 28.7 Å². The summed E-state index contributed by atoms with van der Waals surface area (Å²) < 4.78 is 6.35. The van der Waals surface area contributed by atoms with Gasteiger partial charge in [-0.25, -0.2) is 0 Å². The van der Waals surface area contributed by atoms with Gasteiger partial charge in [0.1, 0.15) is 5.75 Å². The highest BCUT2D eigenvalue weighted by Gasteiger charge is 2.14. The standard InChI is InChI=1S/C15H20BrNO2/c16-13-8-4-5-9-14(13)19-11-15(18)17-10-12-6-2-1-3-7-12/h4-5,8-9,12H,1-3,6-7,10-11H2,(H,17,18). The summed E-state index contributed by atoms with van der Waals surface area (Å²) in [5.74, 6) is 1.32.